The van der Waals surface area contributed by atoms with E-state index >= 15 is 0 Å². The van der Waals surface area contributed by atoms with Gasteiger partial charge in [0.2, 0.25) is 12.7 Å². The second-order valence-electron chi connectivity index (χ2n) is 7.76. The Kier molecular flexibility index (Phi) is 5.21. The summed E-state index contributed by atoms with van der Waals surface area (Å²) in [4.78, 5) is 52.3. The molecule has 3 aromatic carbocycles. The number of anilines is 2. The van der Waals surface area contributed by atoms with E-state index in [4.69, 9.17) is 9.47 Å². The van der Waals surface area contributed by atoms with Crippen molar-refractivity contribution in [3.05, 3.63) is 83.4 Å². The van der Waals surface area contributed by atoms with Crippen molar-refractivity contribution in [1.29, 1.82) is 0 Å². The van der Waals surface area contributed by atoms with Gasteiger partial charge in [-0.2, -0.15) is 0 Å². The normalized spacial score (nSPS) is 14.6. The molecule has 0 spiro atoms. The SMILES string of the molecule is C[C@H](C(=O)Nc1ccccc1C(=O)Nc1ccc2c(c1)OCO2)N1C(=O)c2ccccc2C1=O. The maximum Gasteiger partial charge on any atom is 0.262 e. The minimum absolute atomic E-state index is 0.118. The topological polar surface area (TPSA) is 114 Å². The summed E-state index contributed by atoms with van der Waals surface area (Å²) in [7, 11) is 0. The first-order valence-corrected chi connectivity index (χ1v) is 10.5. The Morgan fingerprint density at radius 1 is 0.853 bits per heavy atom. The van der Waals surface area contributed by atoms with Crippen LogP contribution in [0.5, 0.6) is 11.5 Å². The van der Waals surface area contributed by atoms with Gasteiger partial charge in [-0.3, -0.25) is 24.1 Å². The predicted molar refractivity (Wildman–Crippen MR) is 122 cm³/mol. The number of hydrogen-bond acceptors (Lipinski definition) is 6. The van der Waals surface area contributed by atoms with Gasteiger partial charge in [-0.05, 0) is 43.3 Å². The summed E-state index contributed by atoms with van der Waals surface area (Å²) < 4.78 is 10.6. The Morgan fingerprint density at radius 3 is 2.24 bits per heavy atom. The fraction of sp³-hybridized carbons (Fsp3) is 0.120. The van der Waals surface area contributed by atoms with Crippen LogP contribution in [0.4, 0.5) is 11.4 Å². The van der Waals surface area contributed by atoms with Crippen LogP contribution >= 0.6 is 0 Å². The van der Waals surface area contributed by atoms with Crippen LogP contribution < -0.4 is 20.1 Å². The molecule has 0 unspecified atom stereocenters. The predicted octanol–water partition coefficient (Wildman–Crippen LogP) is 3.29. The van der Waals surface area contributed by atoms with Crippen molar-refractivity contribution in [3.63, 3.8) is 0 Å². The average Bonchev–Trinajstić information content (AvgIpc) is 3.41. The molecule has 2 N–H and O–H groups in total. The highest BCUT2D eigenvalue weighted by atomic mass is 16.7. The summed E-state index contributed by atoms with van der Waals surface area (Å²) in [6.45, 7) is 1.58. The van der Waals surface area contributed by atoms with Gasteiger partial charge in [0.05, 0.1) is 22.4 Å². The molecular weight excluding hydrogens is 438 g/mol. The lowest BCUT2D eigenvalue weighted by atomic mass is 10.1. The molecule has 0 saturated heterocycles. The number of carbonyl (C=O) groups excluding carboxylic acids is 4. The van der Waals surface area contributed by atoms with E-state index < -0.39 is 29.7 Å². The molecule has 1 atom stereocenters. The zero-order chi connectivity index (χ0) is 23.8. The van der Waals surface area contributed by atoms with E-state index in [9.17, 15) is 19.2 Å². The fourth-order valence-corrected chi connectivity index (χ4v) is 3.88. The van der Waals surface area contributed by atoms with Crippen molar-refractivity contribution in [1.82, 2.24) is 4.90 Å². The molecule has 2 heterocycles. The number of nitrogens with one attached hydrogen (secondary N) is 2. The zero-order valence-corrected chi connectivity index (χ0v) is 18.0. The van der Waals surface area contributed by atoms with Crippen molar-refractivity contribution in [2.24, 2.45) is 0 Å². The van der Waals surface area contributed by atoms with Crippen LogP contribution in [0.3, 0.4) is 0 Å². The lowest BCUT2D eigenvalue weighted by Crippen LogP contribution is -2.45. The molecule has 5 rings (SSSR count). The molecule has 9 nitrogen and oxygen atoms in total. The van der Waals surface area contributed by atoms with Crippen LogP contribution in [0.25, 0.3) is 0 Å². The van der Waals surface area contributed by atoms with Gasteiger partial charge in [-0.1, -0.05) is 24.3 Å². The first-order valence-electron chi connectivity index (χ1n) is 10.5. The Bertz CT molecular complexity index is 1320. The summed E-state index contributed by atoms with van der Waals surface area (Å²) in [5, 5.41) is 5.44. The summed E-state index contributed by atoms with van der Waals surface area (Å²) in [6, 6.07) is 16.8. The van der Waals surface area contributed by atoms with Crippen LogP contribution in [-0.4, -0.2) is 41.4 Å². The minimum atomic E-state index is -1.09. The van der Waals surface area contributed by atoms with Crippen molar-refractivity contribution >= 4 is 35.0 Å². The summed E-state index contributed by atoms with van der Waals surface area (Å²) in [5.74, 6) is -1.00. The number of benzene rings is 3. The van der Waals surface area contributed by atoms with E-state index in [0.29, 0.717) is 17.2 Å². The molecule has 0 aliphatic carbocycles. The second-order valence-corrected chi connectivity index (χ2v) is 7.76. The molecular formula is C25H19N3O6. The lowest BCUT2D eigenvalue weighted by Gasteiger charge is -2.22. The zero-order valence-electron chi connectivity index (χ0n) is 18.0. The van der Waals surface area contributed by atoms with E-state index in [1.807, 2.05) is 0 Å². The summed E-state index contributed by atoms with van der Waals surface area (Å²) in [6.07, 6.45) is 0. The third kappa shape index (κ3) is 3.62. The van der Waals surface area contributed by atoms with E-state index in [0.717, 1.165) is 4.90 Å². The quantitative estimate of drug-likeness (QED) is 0.569. The van der Waals surface area contributed by atoms with Crippen LogP contribution in [0.15, 0.2) is 66.7 Å². The Morgan fingerprint density at radius 2 is 1.50 bits per heavy atom. The second kappa shape index (κ2) is 8.36. The molecule has 3 aromatic rings. The molecule has 9 heteroatoms. The van der Waals surface area contributed by atoms with Crippen molar-refractivity contribution in [2.45, 2.75) is 13.0 Å². The lowest BCUT2D eigenvalue weighted by molar-refractivity contribution is -0.119. The highest BCUT2D eigenvalue weighted by Gasteiger charge is 2.40. The largest absolute Gasteiger partial charge is 0.454 e. The number of hydrogen-bond donors (Lipinski definition) is 2. The number of ether oxygens (including phenoxy) is 2. The first-order chi connectivity index (χ1) is 16.4. The number of rotatable bonds is 5. The highest BCUT2D eigenvalue weighted by Crippen LogP contribution is 2.34. The summed E-state index contributed by atoms with van der Waals surface area (Å²) >= 11 is 0. The molecule has 2 aliphatic heterocycles. The Labute approximate surface area is 194 Å². The molecule has 0 fully saturated rings. The van der Waals surface area contributed by atoms with E-state index in [-0.39, 0.29) is 29.2 Å². The Hall–Kier alpha value is -4.66. The van der Waals surface area contributed by atoms with Gasteiger partial charge in [-0.15, -0.1) is 0 Å². The van der Waals surface area contributed by atoms with Gasteiger partial charge in [-0.25, -0.2) is 0 Å². The number of imide groups is 1. The molecule has 170 valence electrons. The standard InChI is InChI=1S/C25H19N3O6/c1-14(28-24(31)16-6-2-3-7-17(16)25(28)32)22(29)27-19-9-5-4-8-18(19)23(30)26-15-10-11-20-21(12-15)34-13-33-20/h2-12,14H,13H2,1H3,(H,26,30)(H,27,29)/t14-/m1/s1. The Balaban J connectivity index is 1.33. The third-order valence-corrected chi connectivity index (χ3v) is 5.65. The molecule has 34 heavy (non-hydrogen) atoms. The van der Waals surface area contributed by atoms with Crippen molar-refractivity contribution in [2.75, 3.05) is 17.4 Å². The van der Waals surface area contributed by atoms with Gasteiger partial charge < -0.3 is 20.1 Å². The average molecular weight is 457 g/mol. The van der Waals surface area contributed by atoms with Crippen LogP contribution in [-0.2, 0) is 4.79 Å². The van der Waals surface area contributed by atoms with E-state index in [2.05, 4.69) is 10.6 Å². The van der Waals surface area contributed by atoms with Gasteiger partial charge in [0.25, 0.3) is 17.7 Å². The van der Waals surface area contributed by atoms with Gasteiger partial charge in [0.15, 0.2) is 11.5 Å². The van der Waals surface area contributed by atoms with Gasteiger partial charge in [0.1, 0.15) is 6.04 Å². The highest BCUT2D eigenvalue weighted by molar-refractivity contribution is 6.23. The maximum atomic E-state index is 13.0. The first kappa shape index (κ1) is 21.2. The van der Waals surface area contributed by atoms with Gasteiger partial charge >= 0.3 is 0 Å². The number of amides is 4. The van der Waals surface area contributed by atoms with E-state index in [1.165, 1.54) is 6.92 Å². The number of carbonyl (C=O) groups is 4. The molecule has 0 aromatic heterocycles. The molecule has 0 saturated carbocycles. The van der Waals surface area contributed by atoms with Crippen LogP contribution in [0.1, 0.15) is 38.0 Å². The monoisotopic (exact) mass is 457 g/mol. The minimum Gasteiger partial charge on any atom is -0.454 e. The van der Waals surface area contributed by atoms with Crippen LogP contribution in [0, 0.1) is 0 Å². The number of para-hydroxylation sites is 1. The maximum absolute atomic E-state index is 13.0. The van der Waals surface area contributed by atoms with Crippen LogP contribution in [0.2, 0.25) is 0 Å². The van der Waals surface area contributed by atoms with Crippen molar-refractivity contribution in [3.8, 4) is 11.5 Å². The fourth-order valence-electron chi connectivity index (χ4n) is 3.88. The van der Waals surface area contributed by atoms with Crippen molar-refractivity contribution < 1.29 is 28.7 Å². The number of fused-ring (bicyclic) bond motifs is 2. The molecule has 0 radical (unpaired) electrons. The molecule has 0 bridgehead atoms. The van der Waals surface area contributed by atoms with Gasteiger partial charge in [0, 0.05) is 11.8 Å². The number of nitrogens with zero attached hydrogens (tertiary/aromatic N) is 1. The third-order valence-electron chi connectivity index (χ3n) is 5.65. The van der Waals surface area contributed by atoms with E-state index in [1.54, 1.807) is 66.7 Å². The summed E-state index contributed by atoms with van der Waals surface area (Å²) in [5.41, 5.74) is 1.47. The molecule has 2 aliphatic rings. The molecule has 4 amide bonds. The smallest absolute Gasteiger partial charge is 0.262 e.